The number of rotatable bonds is 5. The topological polar surface area (TPSA) is 110 Å². The summed E-state index contributed by atoms with van der Waals surface area (Å²) in [6.45, 7) is 1.38. The predicted octanol–water partition coefficient (Wildman–Crippen LogP) is 0.475. The molecule has 1 aromatic heterocycles. The number of oxime groups is 1. The summed E-state index contributed by atoms with van der Waals surface area (Å²) in [6.07, 6.45) is 4.61. The maximum absolute atomic E-state index is 11.8. The molecule has 7 nitrogen and oxygen atoms in total. The number of amidine groups is 1. The van der Waals surface area contributed by atoms with Crippen LogP contribution in [0.4, 0.5) is 0 Å². The van der Waals surface area contributed by atoms with Crippen LogP contribution in [0.3, 0.4) is 0 Å². The van der Waals surface area contributed by atoms with Crippen LogP contribution in [0.25, 0.3) is 0 Å². The Morgan fingerprint density at radius 1 is 1.60 bits per heavy atom. The average Bonchev–Trinajstić information content (AvgIpc) is 2.99. The van der Waals surface area contributed by atoms with Gasteiger partial charge in [-0.05, 0) is 31.4 Å². The molecule has 0 saturated carbocycles. The van der Waals surface area contributed by atoms with Gasteiger partial charge >= 0.3 is 0 Å². The van der Waals surface area contributed by atoms with Gasteiger partial charge in [0.15, 0.2) is 5.84 Å². The highest BCUT2D eigenvalue weighted by atomic mass is 16.5. The fourth-order valence-electron chi connectivity index (χ4n) is 2.05. The summed E-state index contributed by atoms with van der Waals surface area (Å²) >= 11 is 0. The number of hydrogen-bond donors (Lipinski definition) is 3. The minimum absolute atomic E-state index is 0.0390. The highest BCUT2D eigenvalue weighted by Gasteiger charge is 2.15. The smallest absolute Gasteiger partial charge is 0.269 e. The molecule has 0 aliphatic carbocycles. The molecule has 2 heterocycles. The summed E-state index contributed by atoms with van der Waals surface area (Å²) in [5.41, 5.74) is 6.18. The van der Waals surface area contributed by atoms with Gasteiger partial charge in [-0.2, -0.15) is 0 Å². The maximum Gasteiger partial charge on any atom is 0.269 e. The number of hydrogen-bond acceptors (Lipinski definition) is 5. The van der Waals surface area contributed by atoms with Gasteiger partial charge in [0, 0.05) is 24.9 Å². The second kappa shape index (κ2) is 6.85. The first-order valence-electron chi connectivity index (χ1n) is 6.54. The van der Waals surface area contributed by atoms with Crippen LogP contribution in [0.2, 0.25) is 0 Å². The molecule has 2 rings (SSSR count). The van der Waals surface area contributed by atoms with Crippen molar-refractivity contribution in [3.05, 3.63) is 29.6 Å². The lowest BCUT2D eigenvalue weighted by atomic mass is 10.2. The molecule has 1 aromatic rings. The summed E-state index contributed by atoms with van der Waals surface area (Å²) in [5, 5.41) is 14.2. The molecule has 7 heteroatoms. The summed E-state index contributed by atoms with van der Waals surface area (Å²) in [6, 6.07) is 3.12. The Morgan fingerprint density at radius 2 is 2.45 bits per heavy atom. The SMILES string of the molecule is NC(=NO)c1ccc(C(=O)NCCC2CCCO2)nc1. The van der Waals surface area contributed by atoms with Crippen molar-refractivity contribution in [1.29, 1.82) is 0 Å². The first-order valence-corrected chi connectivity index (χ1v) is 6.54. The monoisotopic (exact) mass is 278 g/mol. The second-order valence-electron chi connectivity index (χ2n) is 4.60. The normalized spacial score (nSPS) is 19.0. The molecule has 20 heavy (non-hydrogen) atoms. The number of pyridine rings is 1. The molecule has 1 atom stereocenters. The Balaban J connectivity index is 1.82. The van der Waals surface area contributed by atoms with Crippen molar-refractivity contribution in [2.45, 2.75) is 25.4 Å². The third-order valence-corrected chi connectivity index (χ3v) is 3.18. The lowest BCUT2D eigenvalue weighted by Gasteiger charge is -2.09. The number of carbonyl (C=O) groups excluding carboxylic acids is 1. The van der Waals surface area contributed by atoms with Crippen molar-refractivity contribution >= 4 is 11.7 Å². The Morgan fingerprint density at radius 3 is 3.05 bits per heavy atom. The molecule has 1 saturated heterocycles. The van der Waals surface area contributed by atoms with Crippen LogP contribution in [0.5, 0.6) is 0 Å². The van der Waals surface area contributed by atoms with Crippen molar-refractivity contribution in [2.24, 2.45) is 10.9 Å². The van der Waals surface area contributed by atoms with Crippen molar-refractivity contribution in [3.63, 3.8) is 0 Å². The van der Waals surface area contributed by atoms with E-state index in [2.05, 4.69) is 15.5 Å². The van der Waals surface area contributed by atoms with Gasteiger partial charge in [-0.1, -0.05) is 5.16 Å². The highest BCUT2D eigenvalue weighted by molar-refractivity contribution is 5.98. The summed E-state index contributed by atoms with van der Waals surface area (Å²) in [7, 11) is 0. The Hall–Kier alpha value is -2.15. The van der Waals surface area contributed by atoms with Crippen LogP contribution in [0.1, 0.15) is 35.3 Å². The second-order valence-corrected chi connectivity index (χ2v) is 4.60. The van der Waals surface area contributed by atoms with Crippen LogP contribution >= 0.6 is 0 Å². The fourth-order valence-corrected chi connectivity index (χ4v) is 2.05. The number of nitrogens with one attached hydrogen (secondary N) is 1. The zero-order valence-corrected chi connectivity index (χ0v) is 11.1. The van der Waals surface area contributed by atoms with Gasteiger partial charge in [0.05, 0.1) is 6.10 Å². The standard InChI is InChI=1S/C13H18N4O3/c14-12(17-19)9-3-4-11(16-8-9)13(18)15-6-5-10-2-1-7-20-10/h3-4,8,10,19H,1-2,5-7H2,(H2,14,17)(H,15,18). The van der Waals surface area contributed by atoms with Gasteiger partial charge in [-0.25, -0.2) is 0 Å². The van der Waals surface area contributed by atoms with E-state index < -0.39 is 0 Å². The number of carbonyl (C=O) groups is 1. The van der Waals surface area contributed by atoms with Gasteiger partial charge in [0.25, 0.3) is 5.91 Å². The molecule has 4 N–H and O–H groups in total. The molecule has 108 valence electrons. The molecule has 1 fully saturated rings. The van der Waals surface area contributed by atoms with E-state index in [1.165, 1.54) is 12.3 Å². The molecule has 1 unspecified atom stereocenters. The number of ether oxygens (including phenoxy) is 1. The molecular weight excluding hydrogens is 260 g/mol. The largest absolute Gasteiger partial charge is 0.409 e. The lowest BCUT2D eigenvalue weighted by Crippen LogP contribution is -2.28. The van der Waals surface area contributed by atoms with Crippen LogP contribution < -0.4 is 11.1 Å². The molecule has 1 aliphatic rings. The van der Waals surface area contributed by atoms with Crippen molar-refractivity contribution in [2.75, 3.05) is 13.2 Å². The third kappa shape index (κ3) is 3.67. The van der Waals surface area contributed by atoms with Gasteiger partial charge in [0.1, 0.15) is 5.69 Å². The van der Waals surface area contributed by atoms with Crippen molar-refractivity contribution in [1.82, 2.24) is 10.3 Å². The predicted molar refractivity (Wildman–Crippen MR) is 72.7 cm³/mol. The average molecular weight is 278 g/mol. The molecule has 1 aliphatic heterocycles. The van der Waals surface area contributed by atoms with Crippen LogP contribution in [0, 0.1) is 0 Å². The highest BCUT2D eigenvalue weighted by Crippen LogP contribution is 2.14. The first-order chi connectivity index (χ1) is 9.70. The molecule has 1 amide bonds. The Labute approximate surface area is 116 Å². The van der Waals surface area contributed by atoms with E-state index in [1.807, 2.05) is 0 Å². The Kier molecular flexibility index (Phi) is 4.89. The van der Waals surface area contributed by atoms with E-state index in [0.29, 0.717) is 17.8 Å². The number of nitrogens with zero attached hydrogens (tertiary/aromatic N) is 2. The quantitative estimate of drug-likeness (QED) is 0.314. The number of nitrogens with two attached hydrogens (primary N) is 1. The van der Waals surface area contributed by atoms with E-state index in [0.717, 1.165) is 25.9 Å². The van der Waals surface area contributed by atoms with E-state index in [4.69, 9.17) is 15.7 Å². The van der Waals surface area contributed by atoms with Crippen molar-refractivity contribution in [3.8, 4) is 0 Å². The van der Waals surface area contributed by atoms with Gasteiger partial charge < -0.3 is 21.0 Å². The molecule has 0 spiro atoms. The van der Waals surface area contributed by atoms with Crippen LogP contribution in [-0.2, 0) is 4.74 Å². The zero-order valence-electron chi connectivity index (χ0n) is 11.1. The number of aromatic nitrogens is 1. The summed E-state index contributed by atoms with van der Waals surface area (Å²) < 4.78 is 5.48. The van der Waals surface area contributed by atoms with Crippen molar-refractivity contribution < 1.29 is 14.7 Å². The van der Waals surface area contributed by atoms with Gasteiger partial charge in [-0.15, -0.1) is 0 Å². The Bertz CT molecular complexity index is 481. The molecular formula is C13H18N4O3. The van der Waals surface area contributed by atoms with E-state index in [-0.39, 0.29) is 17.8 Å². The van der Waals surface area contributed by atoms with E-state index >= 15 is 0 Å². The minimum Gasteiger partial charge on any atom is -0.409 e. The molecule has 0 aromatic carbocycles. The zero-order chi connectivity index (χ0) is 14.4. The molecule has 0 bridgehead atoms. The first kappa shape index (κ1) is 14.3. The summed E-state index contributed by atoms with van der Waals surface area (Å²) in [5.74, 6) is -0.281. The maximum atomic E-state index is 11.8. The lowest BCUT2D eigenvalue weighted by molar-refractivity contribution is 0.0903. The van der Waals surface area contributed by atoms with Gasteiger partial charge in [0.2, 0.25) is 0 Å². The van der Waals surface area contributed by atoms with E-state index in [1.54, 1.807) is 6.07 Å². The minimum atomic E-state index is -0.242. The van der Waals surface area contributed by atoms with Crippen LogP contribution in [-0.4, -0.2) is 41.2 Å². The van der Waals surface area contributed by atoms with Crippen LogP contribution in [0.15, 0.2) is 23.5 Å². The third-order valence-electron chi connectivity index (χ3n) is 3.18. The fraction of sp³-hybridized carbons (Fsp3) is 0.462. The van der Waals surface area contributed by atoms with Gasteiger partial charge in [-0.3, -0.25) is 9.78 Å². The summed E-state index contributed by atoms with van der Waals surface area (Å²) in [4.78, 5) is 15.8. The number of amides is 1. The van der Waals surface area contributed by atoms with E-state index in [9.17, 15) is 4.79 Å². The molecule has 0 radical (unpaired) electrons.